The summed E-state index contributed by atoms with van der Waals surface area (Å²) in [6, 6.07) is 11.6. The van der Waals surface area contributed by atoms with Crippen LogP contribution in [0.4, 0.5) is 0 Å². The van der Waals surface area contributed by atoms with Gasteiger partial charge in [-0.05, 0) is 23.6 Å². The summed E-state index contributed by atoms with van der Waals surface area (Å²) in [4.78, 5) is 45.3. The molecule has 0 heterocycles. The summed E-state index contributed by atoms with van der Waals surface area (Å²) >= 11 is 7.21. The molecule has 0 bridgehead atoms. The molecule has 0 saturated carbocycles. The van der Waals surface area contributed by atoms with E-state index < -0.39 is 13.4 Å². The first-order valence-corrected chi connectivity index (χ1v) is 13.3. The van der Waals surface area contributed by atoms with Crippen LogP contribution in [0.3, 0.4) is 0 Å². The first kappa shape index (κ1) is 31.7. The molecule has 1 aromatic carbocycles. The summed E-state index contributed by atoms with van der Waals surface area (Å²) in [6.07, 6.45) is 10.9. The van der Waals surface area contributed by atoms with Crippen LogP contribution in [0.25, 0.3) is 0 Å². The maximum Gasteiger partial charge on any atom is 0.319 e. The second-order valence-corrected chi connectivity index (χ2v) is 10.3. The van der Waals surface area contributed by atoms with Crippen LogP contribution >= 0.6 is 13.4 Å². The molecule has 11 heteroatoms. The topological polar surface area (TPSA) is 121 Å². The molecule has 6 nitrogen and oxygen atoms in total. The van der Waals surface area contributed by atoms with Gasteiger partial charge in [-0.3, -0.25) is 0 Å². The Morgan fingerprint density at radius 2 is 1.23 bits per heavy atom. The summed E-state index contributed by atoms with van der Waals surface area (Å²) in [5, 5.41) is 0. The molecule has 6 N–H and O–H groups in total. The van der Waals surface area contributed by atoms with Gasteiger partial charge >= 0.3 is 13.4 Å². The van der Waals surface area contributed by atoms with Crippen molar-refractivity contribution in [3.05, 3.63) is 35.9 Å². The second kappa shape index (κ2) is 19.3. The predicted octanol–water partition coefficient (Wildman–Crippen LogP) is 3.15. The molecule has 0 aliphatic heterocycles. The first-order valence-electron chi connectivity index (χ1n) is 7.95. The maximum atomic E-state index is 7.56. The van der Waals surface area contributed by atoms with E-state index in [1.807, 2.05) is 12.1 Å². The molecule has 0 aliphatic rings. The Hall–Kier alpha value is 0.968. The quantitative estimate of drug-likeness (QED) is 0.132. The van der Waals surface area contributed by atoms with Crippen LogP contribution in [0, 0.1) is 6.07 Å². The number of hydrogen-bond acceptors (Lipinski definition) is 2. The summed E-state index contributed by atoms with van der Waals surface area (Å²) in [5.41, 5.74) is 1.37. The SMILES string of the molecule is CCCCCCCCCc1[c-]cccc1.OP(O)(O)=S.OP(O)(O)=S.[Mo]. The van der Waals surface area contributed by atoms with E-state index >= 15 is 0 Å². The van der Waals surface area contributed by atoms with Gasteiger partial charge in [0.1, 0.15) is 0 Å². The standard InChI is InChI=1S/C15H23.Mo.2H3O3PS/c1-2-3-4-5-6-7-9-12-15-13-10-8-11-14-15;;2*1-4(2,3)5/h8,10-11,13H,2-7,9,12H2,1H3;;2*(H3,1,2,3,5)/q-1;;;. The average Bonchev–Trinajstić information content (AvgIpc) is 2.44. The van der Waals surface area contributed by atoms with Crippen molar-refractivity contribution >= 4 is 37.1 Å². The predicted molar refractivity (Wildman–Crippen MR) is 109 cm³/mol. The Kier molecular flexibility index (Phi) is 23.5. The maximum absolute atomic E-state index is 7.56. The third-order valence-corrected chi connectivity index (χ3v) is 2.82. The van der Waals surface area contributed by atoms with Crippen molar-refractivity contribution in [2.75, 3.05) is 0 Å². The van der Waals surface area contributed by atoms with Gasteiger partial charge in [-0.15, -0.1) is 0 Å². The van der Waals surface area contributed by atoms with Crippen LogP contribution in [-0.4, -0.2) is 29.4 Å². The number of rotatable bonds is 8. The van der Waals surface area contributed by atoms with Crippen LogP contribution in [0.1, 0.15) is 57.4 Å². The van der Waals surface area contributed by atoms with Crippen LogP contribution in [-0.2, 0) is 51.1 Å². The zero-order valence-corrected chi connectivity index (χ0v) is 20.2. The Labute approximate surface area is 181 Å². The van der Waals surface area contributed by atoms with Gasteiger partial charge in [0.25, 0.3) is 0 Å². The van der Waals surface area contributed by atoms with Gasteiger partial charge in [0.05, 0.1) is 0 Å². The summed E-state index contributed by atoms with van der Waals surface area (Å²) < 4.78 is 0. The van der Waals surface area contributed by atoms with Crippen LogP contribution in [0.2, 0.25) is 0 Å². The third-order valence-electron chi connectivity index (χ3n) is 2.82. The number of benzene rings is 1. The number of hydrogen-bond donors (Lipinski definition) is 6. The van der Waals surface area contributed by atoms with Gasteiger partial charge in [-0.25, -0.2) is 0 Å². The largest absolute Gasteiger partial charge is 0.325 e. The minimum Gasteiger partial charge on any atom is -0.325 e. The Bertz CT molecular complexity index is 474. The molecule has 0 amide bonds. The van der Waals surface area contributed by atoms with E-state index in [2.05, 4.69) is 48.7 Å². The molecule has 0 aliphatic carbocycles. The minimum absolute atomic E-state index is 0. The van der Waals surface area contributed by atoms with Crippen molar-refractivity contribution in [3.63, 3.8) is 0 Å². The Morgan fingerprint density at radius 1 is 0.808 bits per heavy atom. The monoisotopic (exact) mass is 529 g/mol. The van der Waals surface area contributed by atoms with Crippen molar-refractivity contribution in [1.29, 1.82) is 0 Å². The van der Waals surface area contributed by atoms with Crippen LogP contribution < -0.4 is 0 Å². The molecular formula is C15H29MoO6P2S2-. The van der Waals surface area contributed by atoms with E-state index in [-0.39, 0.29) is 21.1 Å². The molecule has 154 valence electrons. The minimum atomic E-state index is -3.81. The van der Waals surface area contributed by atoms with Gasteiger partial charge in [-0.2, -0.15) is 35.9 Å². The van der Waals surface area contributed by atoms with Gasteiger partial charge in [0, 0.05) is 21.1 Å². The zero-order valence-electron chi connectivity index (χ0n) is 14.8. The Balaban J connectivity index is -0.000000401. The van der Waals surface area contributed by atoms with E-state index in [0.29, 0.717) is 0 Å². The fourth-order valence-electron chi connectivity index (χ4n) is 1.86. The zero-order chi connectivity index (χ0) is 19.8. The molecule has 0 atom stereocenters. The molecule has 1 rings (SSSR count). The van der Waals surface area contributed by atoms with Gasteiger partial charge in [0.15, 0.2) is 0 Å². The fraction of sp³-hybridized carbons (Fsp3) is 0.600. The van der Waals surface area contributed by atoms with E-state index in [1.165, 1.54) is 56.9 Å². The van der Waals surface area contributed by atoms with E-state index in [0.717, 1.165) is 0 Å². The molecule has 0 fully saturated rings. The molecule has 0 saturated heterocycles. The van der Waals surface area contributed by atoms with Gasteiger partial charge in [-0.1, -0.05) is 58.3 Å². The fourth-order valence-corrected chi connectivity index (χ4v) is 1.86. The first-order chi connectivity index (χ1) is 11.4. The van der Waals surface area contributed by atoms with Gasteiger partial charge in [0.2, 0.25) is 0 Å². The summed E-state index contributed by atoms with van der Waals surface area (Å²) in [7, 11) is 0. The average molecular weight is 527 g/mol. The number of aryl methyl sites for hydroxylation is 1. The second-order valence-electron chi connectivity index (χ2n) is 5.29. The van der Waals surface area contributed by atoms with Crippen molar-refractivity contribution < 1.29 is 50.4 Å². The van der Waals surface area contributed by atoms with Crippen molar-refractivity contribution in [2.45, 2.75) is 58.3 Å². The van der Waals surface area contributed by atoms with E-state index in [9.17, 15) is 0 Å². The van der Waals surface area contributed by atoms with E-state index in [1.54, 1.807) is 0 Å². The molecule has 1 aromatic rings. The molecule has 0 radical (unpaired) electrons. The van der Waals surface area contributed by atoms with Crippen LogP contribution in [0.5, 0.6) is 0 Å². The number of unbranched alkanes of at least 4 members (excludes halogenated alkanes) is 6. The van der Waals surface area contributed by atoms with Crippen molar-refractivity contribution in [2.24, 2.45) is 0 Å². The van der Waals surface area contributed by atoms with Crippen molar-refractivity contribution in [3.8, 4) is 0 Å². The molecule has 0 aromatic heterocycles. The van der Waals surface area contributed by atoms with E-state index in [4.69, 9.17) is 29.4 Å². The van der Waals surface area contributed by atoms with Crippen LogP contribution in [0.15, 0.2) is 24.3 Å². The molecule has 26 heavy (non-hydrogen) atoms. The third kappa shape index (κ3) is 44.4. The summed E-state index contributed by atoms with van der Waals surface area (Å²) in [5.74, 6) is 0. The van der Waals surface area contributed by atoms with Crippen molar-refractivity contribution in [1.82, 2.24) is 0 Å². The smallest absolute Gasteiger partial charge is 0.319 e. The molecule has 0 unspecified atom stereocenters. The molecular weight excluding hydrogens is 498 g/mol. The normalized spacial score (nSPS) is 10.6. The summed E-state index contributed by atoms with van der Waals surface area (Å²) in [6.45, 7) is -5.34. The van der Waals surface area contributed by atoms with Gasteiger partial charge < -0.3 is 29.4 Å². The Morgan fingerprint density at radius 3 is 1.62 bits per heavy atom. The molecule has 0 spiro atoms.